The second kappa shape index (κ2) is 11.2. The normalized spacial score (nSPS) is 16.4. The Kier molecular flexibility index (Phi) is 7.66. The third-order valence-corrected chi connectivity index (χ3v) is 6.52. The molecule has 0 bridgehead atoms. The van der Waals surface area contributed by atoms with E-state index in [0.29, 0.717) is 24.1 Å². The zero-order valence-corrected chi connectivity index (χ0v) is 20.6. The van der Waals surface area contributed by atoms with Gasteiger partial charge in [-0.3, -0.25) is 9.59 Å². The molecule has 7 heteroatoms. The predicted octanol–water partition coefficient (Wildman–Crippen LogP) is 4.66. The number of nitrogens with one attached hydrogen (secondary N) is 1. The maximum atomic E-state index is 13.1. The quantitative estimate of drug-likeness (QED) is 0.520. The highest BCUT2D eigenvalue weighted by Gasteiger charge is 2.37. The summed E-state index contributed by atoms with van der Waals surface area (Å²) in [4.78, 5) is 29.2. The zero-order chi connectivity index (χ0) is 26.4. The summed E-state index contributed by atoms with van der Waals surface area (Å²) >= 11 is 0. The molecule has 184 valence electrons. The van der Waals surface area contributed by atoms with Gasteiger partial charge < -0.3 is 15.1 Å². The number of nitriles is 2. The van der Waals surface area contributed by atoms with Crippen LogP contribution in [0.15, 0.2) is 91.1 Å². The molecule has 0 saturated carbocycles. The molecule has 1 heterocycles. The summed E-state index contributed by atoms with van der Waals surface area (Å²) in [5.74, 6) is -0.636. The molecule has 7 nitrogen and oxygen atoms in total. The lowest BCUT2D eigenvalue weighted by atomic mass is 10.0. The van der Waals surface area contributed by atoms with Crippen LogP contribution < -0.4 is 5.32 Å². The van der Waals surface area contributed by atoms with Crippen molar-refractivity contribution in [1.29, 1.82) is 10.5 Å². The number of hydrogen-bond acceptors (Lipinski definition) is 5. The molecule has 4 rings (SSSR count). The summed E-state index contributed by atoms with van der Waals surface area (Å²) in [5, 5.41) is 22.0. The van der Waals surface area contributed by atoms with Gasteiger partial charge in [0.15, 0.2) is 0 Å². The van der Waals surface area contributed by atoms with Gasteiger partial charge in [-0.05, 0) is 53.9 Å². The minimum Gasteiger partial charge on any atom is -0.359 e. The van der Waals surface area contributed by atoms with E-state index in [0.717, 1.165) is 22.5 Å². The van der Waals surface area contributed by atoms with Crippen molar-refractivity contribution in [3.8, 4) is 23.3 Å². The van der Waals surface area contributed by atoms with Gasteiger partial charge in [-0.2, -0.15) is 10.5 Å². The zero-order valence-electron chi connectivity index (χ0n) is 20.6. The second-order valence-electron chi connectivity index (χ2n) is 9.07. The lowest BCUT2D eigenvalue weighted by Gasteiger charge is -2.24. The SMILES string of the molecule is C=C(Nc1ccccc1)C1CC(C#N)N(C(=O)CN(C)C(=O)c2cccc(-c3ccc(C#N)cc3)c2)C1. The van der Waals surface area contributed by atoms with Crippen LogP contribution in [0.25, 0.3) is 11.1 Å². The van der Waals surface area contributed by atoms with Crippen molar-refractivity contribution in [2.45, 2.75) is 12.5 Å². The molecule has 3 aromatic rings. The first-order valence-corrected chi connectivity index (χ1v) is 12.0. The van der Waals surface area contributed by atoms with Gasteiger partial charge in [0.05, 0.1) is 24.2 Å². The number of hydrogen-bond donors (Lipinski definition) is 1. The number of carbonyl (C=O) groups excluding carboxylic acids is 2. The maximum Gasteiger partial charge on any atom is 0.254 e. The molecule has 3 aromatic carbocycles. The average molecular weight is 490 g/mol. The number of nitrogens with zero attached hydrogens (tertiary/aromatic N) is 4. The molecule has 2 unspecified atom stereocenters. The van der Waals surface area contributed by atoms with Crippen molar-refractivity contribution in [3.05, 3.63) is 102 Å². The van der Waals surface area contributed by atoms with Crippen LogP contribution in [0.3, 0.4) is 0 Å². The van der Waals surface area contributed by atoms with Crippen LogP contribution in [-0.4, -0.2) is 47.8 Å². The molecule has 0 radical (unpaired) electrons. The summed E-state index contributed by atoms with van der Waals surface area (Å²) in [6, 6.07) is 27.7. The van der Waals surface area contributed by atoms with Crippen molar-refractivity contribution in [2.75, 3.05) is 25.5 Å². The van der Waals surface area contributed by atoms with E-state index in [1.807, 2.05) is 48.5 Å². The summed E-state index contributed by atoms with van der Waals surface area (Å²) < 4.78 is 0. The lowest BCUT2D eigenvalue weighted by molar-refractivity contribution is -0.131. The Bertz CT molecular complexity index is 1390. The third-order valence-electron chi connectivity index (χ3n) is 6.52. The fraction of sp³-hybridized carbons (Fsp3) is 0.200. The van der Waals surface area contributed by atoms with Crippen LogP contribution >= 0.6 is 0 Å². The van der Waals surface area contributed by atoms with Crippen LogP contribution in [0.2, 0.25) is 0 Å². The van der Waals surface area contributed by atoms with E-state index in [1.54, 1.807) is 42.3 Å². The van der Waals surface area contributed by atoms with Crippen molar-refractivity contribution in [1.82, 2.24) is 9.80 Å². The number of amides is 2. The Labute approximate surface area is 216 Å². The average Bonchev–Trinajstić information content (AvgIpc) is 3.38. The molecule has 0 spiro atoms. The van der Waals surface area contributed by atoms with Crippen LogP contribution in [0.1, 0.15) is 22.3 Å². The Morgan fingerprint density at radius 2 is 1.76 bits per heavy atom. The molecule has 1 saturated heterocycles. The van der Waals surface area contributed by atoms with Gasteiger partial charge in [0, 0.05) is 36.5 Å². The highest BCUT2D eigenvalue weighted by Crippen LogP contribution is 2.29. The Hall–Kier alpha value is -4.88. The molecule has 2 amide bonds. The monoisotopic (exact) mass is 489 g/mol. The topological polar surface area (TPSA) is 100 Å². The molecule has 37 heavy (non-hydrogen) atoms. The van der Waals surface area contributed by atoms with Gasteiger partial charge in [0.25, 0.3) is 5.91 Å². The third kappa shape index (κ3) is 5.86. The Balaban J connectivity index is 1.40. The van der Waals surface area contributed by atoms with Gasteiger partial charge in [-0.25, -0.2) is 0 Å². The Morgan fingerprint density at radius 3 is 2.43 bits per heavy atom. The first kappa shape index (κ1) is 25.2. The number of likely N-dealkylation sites (N-methyl/N-ethyl adjacent to an activating group) is 1. The van der Waals surface area contributed by atoms with Gasteiger partial charge in [-0.1, -0.05) is 49.0 Å². The molecule has 1 N–H and O–H groups in total. The maximum absolute atomic E-state index is 13.1. The van der Waals surface area contributed by atoms with Crippen LogP contribution in [-0.2, 0) is 4.79 Å². The van der Waals surface area contributed by atoms with E-state index in [-0.39, 0.29) is 24.3 Å². The molecular formula is C30H27N5O2. The number of anilines is 1. The summed E-state index contributed by atoms with van der Waals surface area (Å²) in [7, 11) is 1.58. The van der Waals surface area contributed by atoms with Crippen molar-refractivity contribution in [2.24, 2.45) is 5.92 Å². The summed E-state index contributed by atoms with van der Waals surface area (Å²) in [6.45, 7) is 4.36. The first-order chi connectivity index (χ1) is 17.9. The minimum absolute atomic E-state index is 0.0704. The van der Waals surface area contributed by atoms with E-state index >= 15 is 0 Å². The van der Waals surface area contributed by atoms with Crippen LogP contribution in [0, 0.1) is 28.6 Å². The van der Waals surface area contributed by atoms with Gasteiger partial charge in [-0.15, -0.1) is 0 Å². The number of carbonyl (C=O) groups is 2. The molecule has 0 aliphatic carbocycles. The smallest absolute Gasteiger partial charge is 0.254 e. The largest absolute Gasteiger partial charge is 0.359 e. The molecule has 0 aromatic heterocycles. The van der Waals surface area contributed by atoms with E-state index in [4.69, 9.17) is 5.26 Å². The minimum atomic E-state index is -0.574. The second-order valence-corrected chi connectivity index (χ2v) is 9.07. The van der Waals surface area contributed by atoms with Crippen LogP contribution in [0.5, 0.6) is 0 Å². The van der Waals surface area contributed by atoms with E-state index in [2.05, 4.69) is 24.0 Å². The number of benzene rings is 3. The number of para-hydroxylation sites is 1. The molecule has 2 atom stereocenters. The Morgan fingerprint density at radius 1 is 1.03 bits per heavy atom. The van der Waals surface area contributed by atoms with E-state index < -0.39 is 6.04 Å². The highest BCUT2D eigenvalue weighted by molar-refractivity contribution is 5.97. The summed E-state index contributed by atoms with van der Waals surface area (Å²) in [5.41, 5.74) is 4.40. The fourth-order valence-electron chi connectivity index (χ4n) is 4.45. The highest BCUT2D eigenvalue weighted by atomic mass is 16.2. The predicted molar refractivity (Wildman–Crippen MR) is 142 cm³/mol. The molecule has 1 fully saturated rings. The molecule has 1 aliphatic heterocycles. The molecule has 1 aliphatic rings. The molecular weight excluding hydrogens is 462 g/mol. The van der Waals surface area contributed by atoms with Crippen molar-refractivity contribution < 1.29 is 9.59 Å². The van der Waals surface area contributed by atoms with Gasteiger partial charge >= 0.3 is 0 Å². The first-order valence-electron chi connectivity index (χ1n) is 12.0. The standard InChI is InChI=1S/C30H27N5O2/c1-21(33-27-9-4-3-5-10-27)26-16-28(18-32)35(19-26)29(36)20-34(2)30(37)25-8-6-7-24(15-25)23-13-11-22(17-31)12-14-23/h3-15,26,28,33H,1,16,19-20H2,2H3. The van der Waals surface area contributed by atoms with Crippen molar-refractivity contribution in [3.63, 3.8) is 0 Å². The van der Waals surface area contributed by atoms with Crippen molar-refractivity contribution >= 4 is 17.5 Å². The van der Waals surface area contributed by atoms with E-state index in [9.17, 15) is 14.9 Å². The van der Waals surface area contributed by atoms with Crippen LogP contribution in [0.4, 0.5) is 5.69 Å². The van der Waals surface area contributed by atoms with Gasteiger partial charge in [0.1, 0.15) is 6.04 Å². The number of likely N-dealkylation sites (tertiary alicyclic amines) is 1. The lowest BCUT2D eigenvalue weighted by Crippen LogP contribution is -2.43. The fourth-order valence-corrected chi connectivity index (χ4v) is 4.45. The van der Waals surface area contributed by atoms with Gasteiger partial charge in [0.2, 0.25) is 5.91 Å². The number of rotatable bonds is 7. The van der Waals surface area contributed by atoms with E-state index in [1.165, 1.54) is 4.90 Å². The summed E-state index contributed by atoms with van der Waals surface area (Å²) in [6.07, 6.45) is 0.491.